The van der Waals surface area contributed by atoms with Crippen LogP contribution in [0.3, 0.4) is 0 Å². The molecule has 0 saturated carbocycles. The highest BCUT2D eigenvalue weighted by atomic mass is 16.6. The van der Waals surface area contributed by atoms with Crippen molar-refractivity contribution in [3.05, 3.63) is 35.9 Å². The number of hydrogen-bond acceptors (Lipinski definition) is 12. The molecule has 0 radical (unpaired) electrons. The summed E-state index contributed by atoms with van der Waals surface area (Å²) >= 11 is 0. The second-order valence-corrected chi connectivity index (χ2v) is 16.3. The van der Waals surface area contributed by atoms with E-state index in [0.29, 0.717) is 72.2 Å². The van der Waals surface area contributed by atoms with Gasteiger partial charge in [0.15, 0.2) is 0 Å². The summed E-state index contributed by atoms with van der Waals surface area (Å²) in [6.07, 6.45) is 1.89. The quantitative estimate of drug-likeness (QED) is 0.0735. The van der Waals surface area contributed by atoms with Gasteiger partial charge in [0.25, 0.3) is 0 Å². The summed E-state index contributed by atoms with van der Waals surface area (Å²) < 4.78 is 28.5. The van der Waals surface area contributed by atoms with Crippen molar-refractivity contribution < 1.29 is 47.7 Å². The van der Waals surface area contributed by atoms with E-state index in [1.54, 1.807) is 26.2 Å². The molecule has 1 aromatic rings. The summed E-state index contributed by atoms with van der Waals surface area (Å²) in [6, 6.07) is 8.75. The van der Waals surface area contributed by atoms with Crippen molar-refractivity contribution in [3.63, 3.8) is 0 Å². The van der Waals surface area contributed by atoms with Crippen molar-refractivity contribution in [3.8, 4) is 0 Å². The van der Waals surface area contributed by atoms with E-state index < -0.39 is 30.2 Å². The Morgan fingerprint density at radius 1 is 0.867 bits per heavy atom. The number of rotatable bonds is 31. The highest BCUT2D eigenvalue weighted by molar-refractivity contribution is 5.88. The lowest BCUT2D eigenvalue weighted by Gasteiger charge is -2.39. The fraction of sp³-hybridized carbons (Fsp3) is 0.773. The van der Waals surface area contributed by atoms with Crippen molar-refractivity contribution in [2.75, 3.05) is 94.2 Å². The third-order valence-electron chi connectivity index (χ3n) is 11.5. The minimum absolute atomic E-state index is 0.0141. The van der Waals surface area contributed by atoms with Crippen LogP contribution in [0.2, 0.25) is 0 Å². The number of benzene rings is 1. The molecule has 16 nitrogen and oxygen atoms in total. The normalized spacial score (nSPS) is 17.8. The van der Waals surface area contributed by atoms with E-state index in [9.17, 15) is 19.2 Å². The number of carbonyl (C=O) groups is 4. The number of ether oxygens (including phenoxy) is 5. The molecule has 0 bridgehead atoms. The van der Waals surface area contributed by atoms with Gasteiger partial charge in [-0.3, -0.25) is 24.1 Å². The first-order valence-corrected chi connectivity index (χ1v) is 21.7. The van der Waals surface area contributed by atoms with E-state index in [2.05, 4.69) is 15.5 Å². The molecule has 0 aromatic heterocycles. The molecule has 1 fully saturated rings. The van der Waals surface area contributed by atoms with Crippen LogP contribution in [-0.4, -0.2) is 169 Å². The van der Waals surface area contributed by atoms with Crippen LogP contribution in [0.5, 0.6) is 0 Å². The molecule has 4 amide bonds. The average Bonchev–Trinajstić information content (AvgIpc) is 3.71. The zero-order valence-electron chi connectivity index (χ0n) is 38.2. The first-order chi connectivity index (χ1) is 28.7. The number of nitrogens with one attached hydrogen (secondary N) is 2. The Labute approximate surface area is 359 Å². The minimum atomic E-state index is -0.608. The van der Waals surface area contributed by atoms with Crippen LogP contribution < -0.4 is 16.5 Å². The van der Waals surface area contributed by atoms with Gasteiger partial charge in [0, 0.05) is 40.4 Å². The third kappa shape index (κ3) is 17.6. The molecule has 344 valence electrons. The Bertz CT molecular complexity index is 1380. The summed E-state index contributed by atoms with van der Waals surface area (Å²) in [5.74, 6) is 3.66. The fourth-order valence-electron chi connectivity index (χ4n) is 8.12. The monoisotopic (exact) mass is 851 g/mol. The van der Waals surface area contributed by atoms with Crippen molar-refractivity contribution in [2.45, 2.75) is 110 Å². The van der Waals surface area contributed by atoms with E-state index in [1.807, 2.05) is 88.7 Å². The van der Waals surface area contributed by atoms with Gasteiger partial charge in [-0.2, -0.15) is 0 Å². The fourth-order valence-corrected chi connectivity index (χ4v) is 8.12. The maximum atomic E-state index is 14.1. The predicted molar refractivity (Wildman–Crippen MR) is 231 cm³/mol. The SMILES string of the molecule is CCC(C)C(C(CC(=O)N1CCCC1C(OC)C(C)C(=O)NC(C)Cc1ccccc1)OC)N(C)C(=O)CNC(=O)C(C(C)C)N(C)CCOCCOCCOCCON. The van der Waals surface area contributed by atoms with Gasteiger partial charge >= 0.3 is 0 Å². The molecule has 0 aliphatic carbocycles. The maximum Gasteiger partial charge on any atom is 0.242 e. The van der Waals surface area contributed by atoms with Gasteiger partial charge in [0.05, 0.1) is 95.5 Å². The standard InChI is InChI=1S/C44H78N6O10/c1-11-32(4)41(49(8)39(52)30-46-44(54)40(31(2)3)48(7)20-21-57-22-23-58-24-25-59-26-27-60-45)37(55-9)29-38(51)50-19-15-18-36(50)42(56-10)34(6)43(53)47-33(5)28-35-16-13-12-14-17-35/h12-14,16-17,31-34,36-37,40-42H,11,15,18-30,45H2,1-10H3,(H,46,54)(H,47,53). The second kappa shape index (κ2) is 29.1. The lowest BCUT2D eigenvalue weighted by atomic mass is 9.90. The van der Waals surface area contributed by atoms with Gasteiger partial charge in [-0.05, 0) is 50.6 Å². The summed E-state index contributed by atoms with van der Waals surface area (Å²) in [7, 11) is 6.72. The smallest absolute Gasteiger partial charge is 0.242 e. The molecule has 1 aromatic carbocycles. The maximum absolute atomic E-state index is 14.1. The molecule has 1 saturated heterocycles. The molecule has 1 heterocycles. The summed E-state index contributed by atoms with van der Waals surface area (Å²) in [5, 5.41) is 6.01. The zero-order chi connectivity index (χ0) is 44.6. The van der Waals surface area contributed by atoms with Crippen LogP contribution in [0.1, 0.15) is 72.8 Å². The molecule has 60 heavy (non-hydrogen) atoms. The van der Waals surface area contributed by atoms with E-state index in [4.69, 9.17) is 29.6 Å². The van der Waals surface area contributed by atoms with Crippen LogP contribution in [0.25, 0.3) is 0 Å². The van der Waals surface area contributed by atoms with Gasteiger partial charge < -0.3 is 49.0 Å². The van der Waals surface area contributed by atoms with Crippen molar-refractivity contribution in [1.82, 2.24) is 25.3 Å². The summed E-state index contributed by atoms with van der Waals surface area (Å²) in [4.78, 5) is 64.7. The summed E-state index contributed by atoms with van der Waals surface area (Å²) in [5.41, 5.74) is 1.14. The molecule has 8 atom stereocenters. The lowest BCUT2D eigenvalue weighted by molar-refractivity contribution is -0.146. The summed E-state index contributed by atoms with van der Waals surface area (Å²) in [6.45, 7) is 15.5. The molecule has 16 heteroatoms. The molecular formula is C44H78N6O10. The largest absolute Gasteiger partial charge is 0.379 e. The Kier molecular flexibility index (Phi) is 25.7. The third-order valence-corrected chi connectivity index (χ3v) is 11.5. The highest BCUT2D eigenvalue weighted by Crippen LogP contribution is 2.29. The Hall–Kier alpha value is -3.22. The van der Waals surface area contributed by atoms with Gasteiger partial charge in [0.2, 0.25) is 23.6 Å². The lowest BCUT2D eigenvalue weighted by Crippen LogP contribution is -2.55. The number of nitrogens with two attached hydrogens (primary N) is 1. The van der Waals surface area contributed by atoms with Gasteiger partial charge in [-0.1, -0.05) is 71.4 Å². The van der Waals surface area contributed by atoms with Crippen LogP contribution in [-0.2, 0) is 54.1 Å². The van der Waals surface area contributed by atoms with Crippen LogP contribution in [0.4, 0.5) is 0 Å². The molecule has 2 rings (SSSR count). The molecule has 8 unspecified atom stereocenters. The Morgan fingerprint density at radius 2 is 1.48 bits per heavy atom. The number of hydrogen-bond donors (Lipinski definition) is 3. The zero-order valence-corrected chi connectivity index (χ0v) is 38.2. The molecule has 1 aliphatic rings. The van der Waals surface area contributed by atoms with Crippen molar-refractivity contribution >= 4 is 23.6 Å². The number of methoxy groups -OCH3 is 2. The molecule has 1 aliphatic heterocycles. The Balaban J connectivity index is 1.98. The van der Waals surface area contributed by atoms with Gasteiger partial charge in [-0.15, -0.1) is 0 Å². The van der Waals surface area contributed by atoms with E-state index in [-0.39, 0.29) is 60.5 Å². The first-order valence-electron chi connectivity index (χ1n) is 21.7. The number of carbonyl (C=O) groups excluding carboxylic acids is 4. The van der Waals surface area contributed by atoms with E-state index >= 15 is 0 Å². The highest BCUT2D eigenvalue weighted by Gasteiger charge is 2.42. The first kappa shape index (κ1) is 52.9. The van der Waals surface area contributed by atoms with Crippen molar-refractivity contribution in [2.24, 2.45) is 23.7 Å². The molecular weight excluding hydrogens is 773 g/mol. The molecule has 0 spiro atoms. The van der Waals surface area contributed by atoms with Crippen LogP contribution >= 0.6 is 0 Å². The number of likely N-dealkylation sites (tertiary alicyclic amines) is 1. The van der Waals surface area contributed by atoms with Crippen LogP contribution in [0, 0.1) is 17.8 Å². The molecule has 4 N–H and O–H groups in total. The number of amides is 4. The van der Waals surface area contributed by atoms with Crippen molar-refractivity contribution in [1.29, 1.82) is 0 Å². The average molecular weight is 851 g/mol. The predicted octanol–water partition coefficient (Wildman–Crippen LogP) is 2.67. The Morgan fingerprint density at radius 3 is 2.05 bits per heavy atom. The van der Waals surface area contributed by atoms with E-state index in [0.717, 1.165) is 18.4 Å². The minimum Gasteiger partial charge on any atom is -0.379 e. The number of likely N-dealkylation sites (N-methyl/N-ethyl adjacent to an activating group) is 2. The van der Waals surface area contributed by atoms with Gasteiger partial charge in [0.1, 0.15) is 0 Å². The van der Waals surface area contributed by atoms with Crippen LogP contribution in [0.15, 0.2) is 30.3 Å². The van der Waals surface area contributed by atoms with E-state index in [1.165, 1.54) is 0 Å². The topological polar surface area (TPSA) is 183 Å². The van der Waals surface area contributed by atoms with Gasteiger partial charge in [-0.25, -0.2) is 5.90 Å². The number of nitrogens with zero attached hydrogens (tertiary/aromatic N) is 3. The second-order valence-electron chi connectivity index (χ2n) is 16.3.